The number of carbonyl (C=O) groups excluding carboxylic acids is 2. The minimum Gasteiger partial charge on any atom is -0.293 e. The van der Waals surface area contributed by atoms with E-state index >= 15 is 0 Å². The summed E-state index contributed by atoms with van der Waals surface area (Å²) in [6, 6.07) is 7.25. The number of carbonyl (C=O) groups is 2. The van der Waals surface area contributed by atoms with E-state index in [9.17, 15) is 9.59 Å². The molecule has 0 fully saturated rings. The molecule has 6 heteroatoms. The van der Waals surface area contributed by atoms with Gasteiger partial charge in [-0.05, 0) is 56.1 Å². The summed E-state index contributed by atoms with van der Waals surface area (Å²) in [6.45, 7) is 0. The van der Waals surface area contributed by atoms with E-state index in [0.29, 0.717) is 9.75 Å². The van der Waals surface area contributed by atoms with Crippen molar-refractivity contribution in [2.45, 2.75) is 12.8 Å². The fourth-order valence-electron chi connectivity index (χ4n) is 1.40. The minimum absolute atomic E-state index is 0.0228. The van der Waals surface area contributed by atoms with Crippen LogP contribution in [0.3, 0.4) is 0 Å². The van der Waals surface area contributed by atoms with E-state index in [2.05, 4.69) is 31.9 Å². The van der Waals surface area contributed by atoms with Gasteiger partial charge in [0.1, 0.15) is 0 Å². The van der Waals surface area contributed by atoms with E-state index < -0.39 is 0 Å². The summed E-state index contributed by atoms with van der Waals surface area (Å²) in [5, 5.41) is 0. The second kappa shape index (κ2) is 6.23. The predicted molar refractivity (Wildman–Crippen MR) is 81.9 cm³/mol. The summed E-state index contributed by atoms with van der Waals surface area (Å²) in [5.74, 6) is 0.0457. The Morgan fingerprint density at radius 1 is 0.833 bits per heavy atom. The fourth-order valence-corrected chi connectivity index (χ4v) is 4.11. The highest BCUT2D eigenvalue weighted by molar-refractivity contribution is 9.11. The van der Waals surface area contributed by atoms with Crippen molar-refractivity contribution in [1.29, 1.82) is 0 Å². The first-order valence-electron chi connectivity index (χ1n) is 5.13. The van der Waals surface area contributed by atoms with E-state index in [-0.39, 0.29) is 24.4 Å². The SMILES string of the molecule is O=C(CCC(=O)c1ccc(Br)s1)c1ccc(Br)s1. The molecule has 18 heavy (non-hydrogen) atoms. The van der Waals surface area contributed by atoms with Crippen LogP contribution in [0.15, 0.2) is 31.8 Å². The molecule has 0 aliphatic rings. The van der Waals surface area contributed by atoms with Crippen LogP contribution < -0.4 is 0 Å². The lowest BCUT2D eigenvalue weighted by Crippen LogP contribution is -2.02. The Balaban J connectivity index is 1.92. The first-order chi connectivity index (χ1) is 8.56. The zero-order valence-electron chi connectivity index (χ0n) is 9.11. The average Bonchev–Trinajstić information content (AvgIpc) is 2.94. The normalized spacial score (nSPS) is 10.6. The molecule has 2 nitrogen and oxygen atoms in total. The molecule has 0 atom stereocenters. The molecule has 0 radical (unpaired) electrons. The van der Waals surface area contributed by atoms with Gasteiger partial charge in [-0.2, -0.15) is 0 Å². The zero-order chi connectivity index (χ0) is 13.1. The zero-order valence-corrected chi connectivity index (χ0v) is 13.9. The Morgan fingerprint density at radius 3 is 1.50 bits per heavy atom. The van der Waals surface area contributed by atoms with Gasteiger partial charge in [-0.25, -0.2) is 0 Å². The van der Waals surface area contributed by atoms with Gasteiger partial charge >= 0.3 is 0 Å². The van der Waals surface area contributed by atoms with Crippen molar-refractivity contribution in [3.8, 4) is 0 Å². The van der Waals surface area contributed by atoms with Crippen LogP contribution in [-0.4, -0.2) is 11.6 Å². The van der Waals surface area contributed by atoms with E-state index in [1.165, 1.54) is 22.7 Å². The third kappa shape index (κ3) is 3.60. The molecule has 0 saturated carbocycles. The molecular weight excluding hydrogens is 400 g/mol. The third-order valence-electron chi connectivity index (χ3n) is 2.28. The molecule has 0 aliphatic carbocycles. The molecule has 0 spiro atoms. The Kier molecular flexibility index (Phi) is 4.89. The summed E-state index contributed by atoms with van der Waals surface area (Å²) in [6.07, 6.45) is 0.530. The van der Waals surface area contributed by atoms with E-state index in [1.807, 2.05) is 12.1 Å². The van der Waals surface area contributed by atoms with E-state index in [0.717, 1.165) is 7.57 Å². The molecule has 2 aromatic heterocycles. The van der Waals surface area contributed by atoms with Crippen molar-refractivity contribution in [2.24, 2.45) is 0 Å². The van der Waals surface area contributed by atoms with Gasteiger partial charge in [-0.3, -0.25) is 9.59 Å². The molecule has 94 valence electrons. The summed E-state index contributed by atoms with van der Waals surface area (Å²) in [5.41, 5.74) is 0. The Bertz CT molecular complexity index is 534. The quantitative estimate of drug-likeness (QED) is 0.639. The summed E-state index contributed by atoms with van der Waals surface area (Å²) in [7, 11) is 0. The van der Waals surface area contributed by atoms with Gasteiger partial charge < -0.3 is 0 Å². The van der Waals surface area contributed by atoms with Gasteiger partial charge in [0.05, 0.1) is 17.3 Å². The van der Waals surface area contributed by atoms with Crippen molar-refractivity contribution in [3.05, 3.63) is 41.6 Å². The van der Waals surface area contributed by atoms with Crippen LogP contribution in [0.25, 0.3) is 0 Å². The fraction of sp³-hybridized carbons (Fsp3) is 0.167. The molecule has 0 amide bonds. The molecule has 0 saturated heterocycles. The number of rotatable bonds is 5. The Labute approximate surface area is 129 Å². The maximum absolute atomic E-state index is 11.8. The first kappa shape index (κ1) is 14.1. The van der Waals surface area contributed by atoms with Gasteiger partial charge in [-0.1, -0.05) is 0 Å². The Hall–Kier alpha value is -0.300. The molecule has 2 heterocycles. The highest BCUT2D eigenvalue weighted by Gasteiger charge is 2.13. The highest BCUT2D eigenvalue weighted by atomic mass is 79.9. The van der Waals surface area contributed by atoms with Crippen LogP contribution in [0, 0.1) is 0 Å². The molecule has 2 rings (SSSR count). The van der Waals surface area contributed by atoms with Crippen LogP contribution in [0.1, 0.15) is 32.2 Å². The van der Waals surface area contributed by atoms with Crippen molar-refractivity contribution in [2.75, 3.05) is 0 Å². The molecule has 2 aromatic rings. The average molecular weight is 408 g/mol. The van der Waals surface area contributed by atoms with Gasteiger partial charge in [0.25, 0.3) is 0 Å². The molecule has 0 bridgehead atoms. The number of ketones is 2. The second-order valence-electron chi connectivity index (χ2n) is 3.55. The molecule has 0 unspecified atom stereocenters. The lowest BCUT2D eigenvalue weighted by molar-refractivity contribution is 0.0921. The van der Waals surface area contributed by atoms with Crippen LogP contribution in [0.2, 0.25) is 0 Å². The standard InChI is InChI=1S/C12H8Br2O2S2/c13-11-5-3-9(17-11)7(15)1-2-8(16)10-4-6-12(14)18-10/h3-6H,1-2H2. The van der Waals surface area contributed by atoms with Crippen LogP contribution in [0.5, 0.6) is 0 Å². The second-order valence-corrected chi connectivity index (χ2v) is 8.48. The van der Waals surface area contributed by atoms with Gasteiger partial charge in [0.2, 0.25) is 0 Å². The molecule has 0 aliphatic heterocycles. The largest absolute Gasteiger partial charge is 0.293 e. The number of thiophene rings is 2. The molecular formula is C12H8Br2O2S2. The predicted octanol–water partition coefficient (Wildman–Crippen LogP) is 5.18. The number of hydrogen-bond donors (Lipinski definition) is 0. The maximum Gasteiger partial charge on any atom is 0.173 e. The van der Waals surface area contributed by atoms with Crippen LogP contribution in [0.4, 0.5) is 0 Å². The number of halogens is 2. The summed E-state index contributed by atoms with van der Waals surface area (Å²) in [4.78, 5) is 25.1. The van der Waals surface area contributed by atoms with E-state index in [1.54, 1.807) is 12.1 Å². The lowest BCUT2D eigenvalue weighted by Gasteiger charge is -1.97. The summed E-state index contributed by atoms with van der Waals surface area (Å²) >= 11 is 9.43. The molecule has 0 aromatic carbocycles. The monoisotopic (exact) mass is 406 g/mol. The van der Waals surface area contributed by atoms with E-state index in [4.69, 9.17) is 0 Å². The highest BCUT2D eigenvalue weighted by Crippen LogP contribution is 2.25. The summed E-state index contributed by atoms with van der Waals surface area (Å²) < 4.78 is 1.86. The van der Waals surface area contributed by atoms with Crippen LogP contribution in [-0.2, 0) is 0 Å². The van der Waals surface area contributed by atoms with Crippen molar-refractivity contribution < 1.29 is 9.59 Å². The van der Waals surface area contributed by atoms with Crippen molar-refractivity contribution >= 4 is 66.1 Å². The van der Waals surface area contributed by atoms with Gasteiger partial charge in [0, 0.05) is 12.8 Å². The number of Topliss-reactive ketones (excluding diaryl/α,β-unsaturated/α-hetero) is 2. The number of hydrogen-bond acceptors (Lipinski definition) is 4. The van der Waals surface area contributed by atoms with Gasteiger partial charge in [0.15, 0.2) is 11.6 Å². The van der Waals surface area contributed by atoms with Crippen molar-refractivity contribution in [3.63, 3.8) is 0 Å². The minimum atomic E-state index is 0.0228. The molecule has 0 N–H and O–H groups in total. The van der Waals surface area contributed by atoms with Crippen LogP contribution >= 0.6 is 54.5 Å². The maximum atomic E-state index is 11.8. The topological polar surface area (TPSA) is 34.1 Å². The third-order valence-corrected chi connectivity index (χ3v) is 5.60. The lowest BCUT2D eigenvalue weighted by atomic mass is 10.1. The Morgan fingerprint density at radius 2 is 1.22 bits per heavy atom. The first-order valence-corrected chi connectivity index (χ1v) is 8.35. The van der Waals surface area contributed by atoms with Crippen molar-refractivity contribution in [1.82, 2.24) is 0 Å². The smallest absolute Gasteiger partial charge is 0.173 e. The van der Waals surface area contributed by atoms with Gasteiger partial charge in [-0.15, -0.1) is 22.7 Å².